The van der Waals surface area contributed by atoms with Crippen LogP contribution in [-0.4, -0.2) is 60.2 Å². The number of hydrogen-bond acceptors (Lipinski definition) is 4. The number of amides is 2. The number of rotatable bonds is 4. The van der Waals surface area contributed by atoms with Crippen LogP contribution in [0.25, 0.3) is 21.7 Å². The van der Waals surface area contributed by atoms with Crippen molar-refractivity contribution in [2.45, 2.75) is 4.90 Å². The first-order chi connectivity index (χ1) is 18.4. The van der Waals surface area contributed by atoms with Crippen molar-refractivity contribution in [2.24, 2.45) is 0 Å². The first kappa shape index (κ1) is 23.9. The first-order valence-corrected chi connectivity index (χ1v) is 13.9. The van der Waals surface area contributed by atoms with Crippen LogP contribution in [0.2, 0.25) is 0 Å². The van der Waals surface area contributed by atoms with Gasteiger partial charge in [-0.05, 0) is 41.1 Å². The Kier molecular flexibility index (Phi) is 5.96. The predicted molar refractivity (Wildman–Crippen MR) is 147 cm³/mol. The van der Waals surface area contributed by atoms with Crippen LogP contribution < -0.4 is 0 Å². The fraction of sp³-hybridized carbons (Fsp3) is 0.133. The number of carbonyl (C=O) groups excluding carboxylic acids is 2. The molecule has 2 amide bonds. The maximum Gasteiger partial charge on any atom is 0.268 e. The number of para-hydroxylation sites is 1. The van der Waals surface area contributed by atoms with E-state index in [1.807, 2.05) is 42.5 Å². The van der Waals surface area contributed by atoms with Gasteiger partial charge in [-0.2, -0.15) is 0 Å². The second-order valence-electron chi connectivity index (χ2n) is 9.32. The summed E-state index contributed by atoms with van der Waals surface area (Å²) < 4.78 is 28.0. The van der Waals surface area contributed by atoms with Gasteiger partial charge in [0.1, 0.15) is 0 Å². The number of aromatic nitrogens is 1. The van der Waals surface area contributed by atoms with Gasteiger partial charge in [0, 0.05) is 43.3 Å². The van der Waals surface area contributed by atoms with Gasteiger partial charge in [0.15, 0.2) is 0 Å². The lowest BCUT2D eigenvalue weighted by atomic mass is 10.1. The topological polar surface area (TPSA) is 79.7 Å². The van der Waals surface area contributed by atoms with E-state index in [0.29, 0.717) is 48.2 Å². The molecule has 2 heterocycles. The summed E-state index contributed by atoms with van der Waals surface area (Å²) in [7, 11) is -3.88. The van der Waals surface area contributed by atoms with Gasteiger partial charge in [-0.15, -0.1) is 0 Å². The molecule has 0 radical (unpaired) electrons. The number of benzene rings is 4. The first-order valence-electron chi connectivity index (χ1n) is 12.4. The van der Waals surface area contributed by atoms with Crippen LogP contribution in [0, 0.1) is 0 Å². The molecule has 0 saturated carbocycles. The number of nitrogens with zero attached hydrogens (tertiary/aromatic N) is 3. The predicted octanol–water partition coefficient (Wildman–Crippen LogP) is 4.63. The summed E-state index contributed by atoms with van der Waals surface area (Å²) >= 11 is 0. The van der Waals surface area contributed by atoms with Crippen molar-refractivity contribution in [1.82, 2.24) is 13.8 Å². The molecule has 5 aromatic rings. The summed E-state index contributed by atoms with van der Waals surface area (Å²) in [5, 5.41) is 2.66. The van der Waals surface area contributed by atoms with Crippen molar-refractivity contribution in [1.29, 1.82) is 0 Å². The molecule has 1 aromatic heterocycles. The highest BCUT2D eigenvalue weighted by molar-refractivity contribution is 7.90. The van der Waals surface area contributed by atoms with Crippen molar-refractivity contribution in [3.8, 4) is 0 Å². The molecule has 0 N–H and O–H groups in total. The third-order valence-electron chi connectivity index (χ3n) is 7.06. The van der Waals surface area contributed by atoms with Gasteiger partial charge in [-0.1, -0.05) is 66.7 Å². The van der Waals surface area contributed by atoms with E-state index in [-0.39, 0.29) is 16.7 Å². The third kappa shape index (κ3) is 4.13. The summed E-state index contributed by atoms with van der Waals surface area (Å²) in [5.41, 5.74) is 1.40. The quantitative estimate of drug-likeness (QED) is 0.344. The second kappa shape index (κ2) is 9.46. The van der Waals surface area contributed by atoms with E-state index in [9.17, 15) is 18.0 Å². The van der Waals surface area contributed by atoms with Crippen molar-refractivity contribution in [2.75, 3.05) is 26.2 Å². The van der Waals surface area contributed by atoms with Gasteiger partial charge < -0.3 is 9.80 Å². The van der Waals surface area contributed by atoms with Gasteiger partial charge in [0.25, 0.3) is 21.8 Å². The van der Waals surface area contributed by atoms with Gasteiger partial charge in [0.05, 0.1) is 16.0 Å². The molecule has 4 aromatic carbocycles. The zero-order valence-electron chi connectivity index (χ0n) is 20.5. The van der Waals surface area contributed by atoms with Gasteiger partial charge >= 0.3 is 0 Å². The largest absolute Gasteiger partial charge is 0.335 e. The maximum atomic E-state index is 13.6. The van der Waals surface area contributed by atoms with Gasteiger partial charge in [-0.25, -0.2) is 12.4 Å². The Bertz CT molecular complexity index is 1790. The fourth-order valence-electron chi connectivity index (χ4n) is 5.01. The van der Waals surface area contributed by atoms with Crippen LogP contribution in [0.4, 0.5) is 0 Å². The van der Waals surface area contributed by atoms with E-state index < -0.39 is 10.0 Å². The molecular formula is C30H25N3O4S. The highest BCUT2D eigenvalue weighted by Crippen LogP contribution is 2.27. The van der Waals surface area contributed by atoms with E-state index in [1.165, 1.54) is 22.3 Å². The molecule has 1 aliphatic rings. The lowest BCUT2D eigenvalue weighted by molar-refractivity contribution is 0.0536. The maximum absolute atomic E-state index is 13.6. The Labute approximate surface area is 220 Å². The molecular weight excluding hydrogens is 498 g/mol. The average molecular weight is 524 g/mol. The lowest BCUT2D eigenvalue weighted by Gasteiger charge is -2.34. The minimum atomic E-state index is -3.88. The molecule has 0 atom stereocenters. The van der Waals surface area contributed by atoms with Crippen LogP contribution in [-0.2, 0) is 10.0 Å². The average Bonchev–Trinajstić information content (AvgIpc) is 3.37. The van der Waals surface area contributed by atoms with Crippen LogP contribution in [0.1, 0.15) is 20.7 Å². The van der Waals surface area contributed by atoms with Crippen molar-refractivity contribution < 1.29 is 18.0 Å². The van der Waals surface area contributed by atoms with Crippen molar-refractivity contribution in [3.05, 3.63) is 114 Å². The van der Waals surface area contributed by atoms with Crippen LogP contribution in [0.3, 0.4) is 0 Å². The van der Waals surface area contributed by atoms with E-state index >= 15 is 0 Å². The molecule has 0 spiro atoms. The second-order valence-corrected chi connectivity index (χ2v) is 11.1. The molecule has 8 heteroatoms. The van der Waals surface area contributed by atoms with Crippen LogP contribution in [0.15, 0.2) is 108 Å². The third-order valence-corrected chi connectivity index (χ3v) is 8.75. The molecule has 1 fully saturated rings. The monoisotopic (exact) mass is 523 g/mol. The SMILES string of the molecule is O=C(c1ccc2ccccc2c1)N1CCN(C(=O)c2cn(S(=O)(=O)c3ccccc3)c3ccccc23)CC1. The zero-order chi connectivity index (χ0) is 26.3. The summed E-state index contributed by atoms with van der Waals surface area (Å²) in [5.74, 6) is -0.311. The zero-order valence-corrected chi connectivity index (χ0v) is 21.3. The number of piperazine rings is 1. The Morgan fingerprint density at radius 2 is 1.24 bits per heavy atom. The molecule has 0 bridgehead atoms. The molecule has 7 nitrogen and oxygen atoms in total. The van der Waals surface area contributed by atoms with Gasteiger partial charge in [-0.3, -0.25) is 9.59 Å². The molecule has 0 aliphatic carbocycles. The molecule has 190 valence electrons. The highest BCUT2D eigenvalue weighted by Gasteiger charge is 2.29. The summed E-state index contributed by atoms with van der Waals surface area (Å²) in [6, 6.07) is 28.8. The summed E-state index contributed by atoms with van der Waals surface area (Å²) in [6.07, 6.45) is 1.42. The van der Waals surface area contributed by atoms with E-state index in [4.69, 9.17) is 0 Å². The van der Waals surface area contributed by atoms with E-state index in [1.54, 1.807) is 52.3 Å². The smallest absolute Gasteiger partial charge is 0.268 e. The summed E-state index contributed by atoms with van der Waals surface area (Å²) in [4.78, 5) is 30.4. The molecule has 38 heavy (non-hydrogen) atoms. The molecule has 6 rings (SSSR count). The molecule has 0 unspecified atom stereocenters. The van der Waals surface area contributed by atoms with Crippen LogP contribution >= 0.6 is 0 Å². The summed E-state index contributed by atoms with van der Waals surface area (Å²) in [6.45, 7) is 1.53. The Hall–Kier alpha value is -4.43. The number of fused-ring (bicyclic) bond motifs is 2. The van der Waals surface area contributed by atoms with Gasteiger partial charge in [0.2, 0.25) is 0 Å². The molecule has 1 aliphatic heterocycles. The minimum Gasteiger partial charge on any atom is -0.335 e. The Morgan fingerprint density at radius 3 is 1.97 bits per heavy atom. The lowest BCUT2D eigenvalue weighted by Crippen LogP contribution is -2.50. The highest BCUT2D eigenvalue weighted by atomic mass is 32.2. The standard InChI is InChI=1S/C30H25N3O4S/c34-29(24-15-14-22-8-4-5-9-23(22)20-24)31-16-18-32(19-17-31)30(35)27-21-33(28-13-7-6-12-26(27)28)38(36,37)25-10-2-1-3-11-25/h1-15,20-21H,16-19H2. The van der Waals surface area contributed by atoms with Crippen molar-refractivity contribution >= 4 is 43.5 Å². The van der Waals surface area contributed by atoms with Crippen molar-refractivity contribution in [3.63, 3.8) is 0 Å². The van der Waals surface area contributed by atoms with E-state index in [2.05, 4.69) is 0 Å². The number of hydrogen-bond donors (Lipinski definition) is 0. The van der Waals surface area contributed by atoms with E-state index in [0.717, 1.165) is 10.8 Å². The molecule has 1 saturated heterocycles. The normalized spacial score (nSPS) is 14.2. The number of carbonyl (C=O) groups is 2. The minimum absolute atomic E-state index is 0.0617. The Balaban J connectivity index is 1.23. The van der Waals surface area contributed by atoms with Crippen LogP contribution in [0.5, 0.6) is 0 Å². The Morgan fingerprint density at radius 1 is 0.632 bits per heavy atom. The fourth-order valence-corrected chi connectivity index (χ4v) is 6.40.